The van der Waals surface area contributed by atoms with Crippen LogP contribution in [0.5, 0.6) is 0 Å². The summed E-state index contributed by atoms with van der Waals surface area (Å²) in [4.78, 5) is 11.4. The number of aliphatic hydroxyl groups excluding tert-OH is 1. The molecule has 1 aromatic carbocycles. The molecule has 0 fully saturated rings. The van der Waals surface area contributed by atoms with Crippen LogP contribution in [0.1, 0.15) is 37.5 Å². The molecule has 0 aliphatic rings. The smallest absolute Gasteiger partial charge is 0.387 e. The Hall–Kier alpha value is -1.56. The van der Waals surface area contributed by atoms with Crippen LogP contribution in [0.3, 0.4) is 0 Å². The van der Waals surface area contributed by atoms with Crippen molar-refractivity contribution >= 4 is 5.91 Å². The van der Waals surface area contributed by atoms with Crippen molar-refractivity contribution in [1.82, 2.24) is 5.32 Å². The first-order valence-corrected chi connectivity index (χ1v) is 6.32. The number of amides is 1. The number of halogens is 3. The summed E-state index contributed by atoms with van der Waals surface area (Å²) in [5, 5.41) is 12.3. The zero-order valence-corrected chi connectivity index (χ0v) is 11.4. The van der Waals surface area contributed by atoms with Gasteiger partial charge in [-0.25, -0.2) is 0 Å². The Morgan fingerprint density at radius 1 is 1.35 bits per heavy atom. The van der Waals surface area contributed by atoms with E-state index >= 15 is 0 Å². The summed E-state index contributed by atoms with van der Waals surface area (Å²) < 4.78 is 37.6. The van der Waals surface area contributed by atoms with Gasteiger partial charge >= 0.3 is 6.18 Å². The first-order valence-electron chi connectivity index (χ1n) is 6.32. The summed E-state index contributed by atoms with van der Waals surface area (Å²) in [5.41, 5.74) is -0.688. The molecule has 0 saturated heterocycles. The summed E-state index contributed by atoms with van der Waals surface area (Å²) in [6, 6.07) is 4.46. The highest BCUT2D eigenvalue weighted by Crippen LogP contribution is 2.30. The minimum Gasteiger partial charge on any atom is -0.387 e. The molecule has 0 aliphatic carbocycles. The monoisotopic (exact) mass is 289 g/mol. The first kappa shape index (κ1) is 16.5. The molecular weight excluding hydrogens is 271 g/mol. The van der Waals surface area contributed by atoms with Gasteiger partial charge in [0.25, 0.3) is 0 Å². The third-order valence-corrected chi connectivity index (χ3v) is 2.68. The van der Waals surface area contributed by atoms with Gasteiger partial charge in [-0.15, -0.1) is 0 Å². The van der Waals surface area contributed by atoms with Crippen LogP contribution in [-0.4, -0.2) is 17.6 Å². The highest BCUT2D eigenvalue weighted by molar-refractivity contribution is 5.76. The fraction of sp³-hybridized carbons (Fsp3) is 0.500. The number of rotatable bonds is 5. The van der Waals surface area contributed by atoms with Crippen molar-refractivity contribution < 1.29 is 23.1 Å². The Morgan fingerprint density at radius 2 is 2.00 bits per heavy atom. The fourth-order valence-electron chi connectivity index (χ4n) is 1.69. The van der Waals surface area contributed by atoms with Gasteiger partial charge in [0.05, 0.1) is 11.7 Å². The number of aliphatic hydroxyl groups is 1. The molecular formula is C14H18F3NO2. The predicted molar refractivity (Wildman–Crippen MR) is 68.9 cm³/mol. The zero-order valence-electron chi connectivity index (χ0n) is 11.4. The SMILES string of the molecule is CC(C)CC(=O)NCC(O)c1cccc(C(F)(F)F)c1. The maximum atomic E-state index is 12.5. The second kappa shape index (κ2) is 6.74. The second-order valence-corrected chi connectivity index (χ2v) is 5.04. The molecule has 112 valence electrons. The Morgan fingerprint density at radius 3 is 2.55 bits per heavy atom. The molecule has 0 saturated carbocycles. The van der Waals surface area contributed by atoms with Gasteiger partial charge in [0.2, 0.25) is 5.91 Å². The summed E-state index contributed by atoms with van der Waals surface area (Å²) in [5.74, 6) is -0.0493. The topological polar surface area (TPSA) is 49.3 Å². The molecule has 1 atom stereocenters. The van der Waals surface area contributed by atoms with E-state index in [0.717, 1.165) is 12.1 Å². The van der Waals surface area contributed by atoms with Crippen LogP contribution in [0.2, 0.25) is 0 Å². The molecule has 0 aromatic heterocycles. The Bertz CT molecular complexity index is 458. The van der Waals surface area contributed by atoms with E-state index in [1.165, 1.54) is 12.1 Å². The van der Waals surface area contributed by atoms with Crippen LogP contribution in [0.25, 0.3) is 0 Å². The molecule has 1 aromatic rings. The van der Waals surface area contributed by atoms with E-state index in [1.54, 1.807) is 0 Å². The predicted octanol–water partition coefficient (Wildman–Crippen LogP) is 2.90. The standard InChI is InChI=1S/C14H18F3NO2/c1-9(2)6-13(20)18-8-12(19)10-4-3-5-11(7-10)14(15,16)17/h3-5,7,9,12,19H,6,8H2,1-2H3,(H,18,20). The van der Waals surface area contributed by atoms with Gasteiger partial charge in [0, 0.05) is 13.0 Å². The lowest BCUT2D eigenvalue weighted by Crippen LogP contribution is -2.29. The van der Waals surface area contributed by atoms with Crippen LogP contribution < -0.4 is 5.32 Å². The second-order valence-electron chi connectivity index (χ2n) is 5.04. The summed E-state index contributed by atoms with van der Waals surface area (Å²) in [7, 11) is 0. The van der Waals surface area contributed by atoms with Crippen LogP contribution in [0.15, 0.2) is 24.3 Å². The van der Waals surface area contributed by atoms with Crippen molar-refractivity contribution in [3.63, 3.8) is 0 Å². The molecule has 6 heteroatoms. The van der Waals surface area contributed by atoms with Crippen molar-refractivity contribution in [2.45, 2.75) is 32.5 Å². The summed E-state index contributed by atoms with van der Waals surface area (Å²) in [6.07, 6.45) is -5.29. The van der Waals surface area contributed by atoms with E-state index in [0.29, 0.717) is 6.42 Å². The average Bonchev–Trinajstić information content (AvgIpc) is 2.34. The number of carbonyl (C=O) groups excluding carboxylic acids is 1. The number of hydrogen-bond acceptors (Lipinski definition) is 2. The zero-order chi connectivity index (χ0) is 15.3. The fourth-order valence-corrected chi connectivity index (χ4v) is 1.69. The molecule has 0 radical (unpaired) electrons. The Labute approximate surface area is 115 Å². The molecule has 0 aliphatic heterocycles. The molecule has 1 rings (SSSR count). The number of carbonyl (C=O) groups is 1. The molecule has 0 heterocycles. The largest absolute Gasteiger partial charge is 0.416 e. The average molecular weight is 289 g/mol. The molecule has 0 spiro atoms. The van der Waals surface area contributed by atoms with Gasteiger partial charge in [-0.05, 0) is 23.6 Å². The number of nitrogens with one attached hydrogen (secondary N) is 1. The van der Waals surface area contributed by atoms with Crippen molar-refractivity contribution in [1.29, 1.82) is 0 Å². The van der Waals surface area contributed by atoms with E-state index in [4.69, 9.17) is 0 Å². The molecule has 3 nitrogen and oxygen atoms in total. The van der Waals surface area contributed by atoms with Gasteiger partial charge in [-0.1, -0.05) is 26.0 Å². The van der Waals surface area contributed by atoms with Crippen molar-refractivity contribution in [3.05, 3.63) is 35.4 Å². The molecule has 20 heavy (non-hydrogen) atoms. The minimum atomic E-state index is -4.45. The van der Waals surface area contributed by atoms with Gasteiger partial charge in [-0.2, -0.15) is 13.2 Å². The van der Waals surface area contributed by atoms with E-state index in [-0.39, 0.29) is 23.9 Å². The number of benzene rings is 1. The normalized spacial score (nSPS) is 13.3. The molecule has 0 bridgehead atoms. The van der Waals surface area contributed by atoms with Gasteiger partial charge < -0.3 is 10.4 Å². The van der Waals surface area contributed by atoms with Crippen LogP contribution in [-0.2, 0) is 11.0 Å². The van der Waals surface area contributed by atoms with Gasteiger partial charge in [0.15, 0.2) is 0 Å². The Balaban J connectivity index is 2.64. The maximum Gasteiger partial charge on any atom is 0.416 e. The lowest BCUT2D eigenvalue weighted by Gasteiger charge is -2.15. The lowest BCUT2D eigenvalue weighted by molar-refractivity contribution is -0.137. The summed E-state index contributed by atoms with van der Waals surface area (Å²) >= 11 is 0. The van der Waals surface area contributed by atoms with E-state index in [2.05, 4.69) is 5.32 Å². The van der Waals surface area contributed by atoms with Crippen LogP contribution in [0.4, 0.5) is 13.2 Å². The lowest BCUT2D eigenvalue weighted by atomic mass is 10.1. The third-order valence-electron chi connectivity index (χ3n) is 2.68. The maximum absolute atomic E-state index is 12.5. The van der Waals surface area contributed by atoms with Gasteiger partial charge in [-0.3, -0.25) is 4.79 Å². The number of hydrogen-bond donors (Lipinski definition) is 2. The third kappa shape index (κ3) is 5.21. The molecule has 2 N–H and O–H groups in total. The first-order chi connectivity index (χ1) is 9.20. The number of alkyl halides is 3. The molecule has 1 amide bonds. The van der Waals surface area contributed by atoms with Crippen LogP contribution >= 0.6 is 0 Å². The van der Waals surface area contributed by atoms with Crippen molar-refractivity contribution in [3.8, 4) is 0 Å². The quantitative estimate of drug-likeness (QED) is 0.875. The Kier molecular flexibility index (Phi) is 5.56. The van der Waals surface area contributed by atoms with Gasteiger partial charge in [0.1, 0.15) is 0 Å². The highest BCUT2D eigenvalue weighted by atomic mass is 19.4. The minimum absolute atomic E-state index is 0.104. The van der Waals surface area contributed by atoms with E-state index < -0.39 is 17.8 Å². The van der Waals surface area contributed by atoms with E-state index in [9.17, 15) is 23.1 Å². The van der Waals surface area contributed by atoms with Crippen LogP contribution in [0, 0.1) is 5.92 Å². The summed E-state index contributed by atoms with van der Waals surface area (Å²) in [6.45, 7) is 3.65. The highest BCUT2D eigenvalue weighted by Gasteiger charge is 2.30. The van der Waals surface area contributed by atoms with E-state index in [1.807, 2.05) is 13.8 Å². The van der Waals surface area contributed by atoms with Crippen molar-refractivity contribution in [2.24, 2.45) is 5.92 Å². The van der Waals surface area contributed by atoms with Crippen molar-refractivity contribution in [2.75, 3.05) is 6.54 Å². The molecule has 1 unspecified atom stereocenters.